The molecule has 0 unspecified atom stereocenters. The molecule has 2 aromatic heterocycles. The minimum absolute atomic E-state index is 0.242. The molecule has 0 aliphatic rings. The number of para-hydroxylation sites is 2. The van der Waals surface area contributed by atoms with Gasteiger partial charge < -0.3 is 19.4 Å². The average molecular weight is 404 g/mol. The van der Waals surface area contributed by atoms with Crippen molar-refractivity contribution in [3.63, 3.8) is 0 Å². The van der Waals surface area contributed by atoms with Crippen LogP contribution in [0.15, 0.2) is 48.5 Å². The van der Waals surface area contributed by atoms with Gasteiger partial charge in [-0.3, -0.25) is 9.59 Å². The number of rotatable bonds is 7. The highest BCUT2D eigenvalue weighted by Crippen LogP contribution is 2.36. The molecular weight excluding hydrogens is 380 g/mol. The van der Waals surface area contributed by atoms with E-state index in [0.717, 1.165) is 44.3 Å². The molecule has 0 radical (unpaired) electrons. The molecule has 6 heteroatoms. The normalized spacial score (nSPS) is 11.1. The second kappa shape index (κ2) is 8.45. The summed E-state index contributed by atoms with van der Waals surface area (Å²) in [6, 6.07) is 16.1. The number of methoxy groups -OCH3 is 2. The smallest absolute Gasteiger partial charge is 0.305 e. The topological polar surface area (TPSA) is 84.2 Å². The molecular formula is C24H24N2O4. The first kappa shape index (κ1) is 19.8. The Labute approximate surface area is 174 Å². The second-order valence-corrected chi connectivity index (χ2v) is 7.20. The van der Waals surface area contributed by atoms with Gasteiger partial charge in [0.05, 0.1) is 25.6 Å². The number of carbonyl (C=O) groups excluding carboxylic acids is 2. The quantitative estimate of drug-likeness (QED) is 0.443. The Balaban J connectivity index is 1.87. The Bertz CT molecular complexity index is 1120. The summed E-state index contributed by atoms with van der Waals surface area (Å²) in [6.07, 6.45) is 1.70. The van der Waals surface area contributed by atoms with Gasteiger partial charge in [0, 0.05) is 34.6 Å². The monoisotopic (exact) mass is 404 g/mol. The van der Waals surface area contributed by atoms with Gasteiger partial charge in [-0.25, -0.2) is 0 Å². The number of carbonyl (C=O) groups is 2. The predicted molar refractivity (Wildman–Crippen MR) is 116 cm³/mol. The highest BCUT2D eigenvalue weighted by Gasteiger charge is 2.21. The van der Waals surface area contributed by atoms with E-state index in [4.69, 9.17) is 9.47 Å². The van der Waals surface area contributed by atoms with Gasteiger partial charge in [-0.15, -0.1) is 0 Å². The predicted octanol–water partition coefficient (Wildman–Crippen LogP) is 4.53. The summed E-state index contributed by atoms with van der Waals surface area (Å²) in [5, 5.41) is 2.16. The molecule has 2 aromatic carbocycles. The number of benzene rings is 2. The number of esters is 2. The first-order chi connectivity index (χ1) is 14.6. The summed E-state index contributed by atoms with van der Waals surface area (Å²) in [5.41, 5.74) is 6.01. The lowest BCUT2D eigenvalue weighted by atomic mass is 9.99. The van der Waals surface area contributed by atoms with E-state index in [1.807, 2.05) is 36.4 Å². The third kappa shape index (κ3) is 3.68. The first-order valence-electron chi connectivity index (χ1n) is 9.95. The van der Waals surface area contributed by atoms with Gasteiger partial charge in [0.25, 0.3) is 0 Å². The summed E-state index contributed by atoms with van der Waals surface area (Å²) >= 11 is 0. The third-order valence-corrected chi connectivity index (χ3v) is 5.49. The molecule has 0 atom stereocenters. The molecule has 0 saturated heterocycles. The second-order valence-electron chi connectivity index (χ2n) is 7.20. The summed E-state index contributed by atoms with van der Waals surface area (Å²) in [4.78, 5) is 30.7. The van der Waals surface area contributed by atoms with Crippen LogP contribution in [-0.2, 0) is 31.9 Å². The Morgan fingerprint density at radius 1 is 0.700 bits per heavy atom. The van der Waals surface area contributed by atoms with Gasteiger partial charge in [-0.05, 0) is 36.1 Å². The minimum Gasteiger partial charge on any atom is -0.469 e. The molecule has 0 aliphatic carbocycles. The lowest BCUT2D eigenvalue weighted by molar-refractivity contribution is -0.141. The Morgan fingerprint density at radius 3 is 1.50 bits per heavy atom. The van der Waals surface area contributed by atoms with E-state index in [2.05, 4.69) is 22.1 Å². The van der Waals surface area contributed by atoms with Gasteiger partial charge in [-0.2, -0.15) is 0 Å². The van der Waals surface area contributed by atoms with Crippen molar-refractivity contribution in [3.05, 3.63) is 59.7 Å². The molecule has 0 spiro atoms. The molecule has 0 fully saturated rings. The van der Waals surface area contributed by atoms with Gasteiger partial charge in [0.2, 0.25) is 0 Å². The fourth-order valence-electron chi connectivity index (χ4n) is 4.00. The van der Waals surface area contributed by atoms with Crippen LogP contribution in [0.4, 0.5) is 0 Å². The van der Waals surface area contributed by atoms with Crippen molar-refractivity contribution in [1.82, 2.24) is 9.97 Å². The zero-order valence-electron chi connectivity index (χ0n) is 17.1. The van der Waals surface area contributed by atoms with E-state index >= 15 is 0 Å². The standard InChI is InChI=1S/C24H24N2O4/c1-29-21(27)13-11-17-15-7-3-5-9-19(15)25-23(17)24-18(12-14-22(28)30-2)16-8-4-6-10-20(16)26-24/h3-10,25-26H,11-14H2,1-2H3. The van der Waals surface area contributed by atoms with Crippen LogP contribution in [0.25, 0.3) is 33.2 Å². The maximum Gasteiger partial charge on any atom is 0.305 e. The van der Waals surface area contributed by atoms with Gasteiger partial charge in [0.15, 0.2) is 0 Å². The lowest BCUT2D eigenvalue weighted by Gasteiger charge is -2.07. The maximum atomic E-state index is 11.8. The zero-order chi connectivity index (χ0) is 21.1. The van der Waals surface area contributed by atoms with Crippen molar-refractivity contribution < 1.29 is 19.1 Å². The number of ether oxygens (including phenoxy) is 2. The number of nitrogens with one attached hydrogen (secondary N) is 2. The molecule has 0 bridgehead atoms. The van der Waals surface area contributed by atoms with Crippen molar-refractivity contribution in [2.45, 2.75) is 25.7 Å². The van der Waals surface area contributed by atoms with E-state index in [0.29, 0.717) is 25.7 Å². The van der Waals surface area contributed by atoms with Crippen LogP contribution in [-0.4, -0.2) is 36.1 Å². The van der Waals surface area contributed by atoms with Gasteiger partial charge >= 0.3 is 11.9 Å². The molecule has 6 nitrogen and oxygen atoms in total. The van der Waals surface area contributed by atoms with Crippen molar-refractivity contribution in [1.29, 1.82) is 0 Å². The molecule has 0 amide bonds. The molecule has 0 aliphatic heterocycles. The van der Waals surface area contributed by atoms with E-state index in [9.17, 15) is 9.59 Å². The molecule has 154 valence electrons. The summed E-state index contributed by atoms with van der Waals surface area (Å²) in [5.74, 6) is -0.484. The summed E-state index contributed by atoms with van der Waals surface area (Å²) < 4.78 is 9.69. The van der Waals surface area contributed by atoms with Crippen LogP contribution in [0.3, 0.4) is 0 Å². The molecule has 4 rings (SSSR count). The molecule has 0 saturated carbocycles. The number of H-pyrrole nitrogens is 2. The Hall–Kier alpha value is -3.54. The number of fused-ring (bicyclic) bond motifs is 2. The van der Waals surface area contributed by atoms with E-state index in [1.165, 1.54) is 14.2 Å². The van der Waals surface area contributed by atoms with Gasteiger partial charge in [-0.1, -0.05) is 36.4 Å². The highest BCUT2D eigenvalue weighted by atomic mass is 16.5. The average Bonchev–Trinajstić information content (AvgIpc) is 3.33. The highest BCUT2D eigenvalue weighted by molar-refractivity contribution is 5.96. The molecule has 2 heterocycles. The van der Waals surface area contributed by atoms with Crippen LogP contribution in [0, 0.1) is 0 Å². The number of aromatic amines is 2. The summed E-state index contributed by atoms with van der Waals surface area (Å²) in [7, 11) is 2.81. The lowest BCUT2D eigenvalue weighted by Crippen LogP contribution is -2.04. The summed E-state index contributed by atoms with van der Waals surface area (Å²) in [6.45, 7) is 0. The van der Waals surface area contributed by atoms with Crippen molar-refractivity contribution in [2.24, 2.45) is 0 Å². The third-order valence-electron chi connectivity index (χ3n) is 5.49. The molecule has 4 aromatic rings. The van der Waals surface area contributed by atoms with Crippen LogP contribution in [0.1, 0.15) is 24.0 Å². The maximum absolute atomic E-state index is 11.8. The van der Waals surface area contributed by atoms with Crippen LogP contribution in [0.5, 0.6) is 0 Å². The fourth-order valence-corrected chi connectivity index (χ4v) is 4.00. The molecule has 30 heavy (non-hydrogen) atoms. The first-order valence-corrected chi connectivity index (χ1v) is 9.95. The van der Waals surface area contributed by atoms with Crippen LogP contribution >= 0.6 is 0 Å². The zero-order valence-corrected chi connectivity index (χ0v) is 17.1. The van der Waals surface area contributed by atoms with Crippen molar-refractivity contribution in [3.8, 4) is 11.4 Å². The van der Waals surface area contributed by atoms with E-state index < -0.39 is 0 Å². The van der Waals surface area contributed by atoms with Crippen LogP contribution < -0.4 is 0 Å². The van der Waals surface area contributed by atoms with Crippen molar-refractivity contribution in [2.75, 3.05) is 14.2 Å². The SMILES string of the molecule is COC(=O)CCc1c(-c2[nH]c3ccccc3c2CCC(=O)OC)[nH]c2ccccc12. The Morgan fingerprint density at radius 2 is 1.10 bits per heavy atom. The van der Waals surface area contributed by atoms with Crippen LogP contribution in [0.2, 0.25) is 0 Å². The molecule has 2 N–H and O–H groups in total. The number of aromatic nitrogens is 2. The van der Waals surface area contributed by atoms with Gasteiger partial charge in [0.1, 0.15) is 0 Å². The minimum atomic E-state index is -0.242. The largest absolute Gasteiger partial charge is 0.469 e. The van der Waals surface area contributed by atoms with E-state index in [1.54, 1.807) is 0 Å². The number of hydrogen-bond donors (Lipinski definition) is 2. The Kier molecular flexibility index (Phi) is 5.57. The number of hydrogen-bond acceptors (Lipinski definition) is 4. The fraction of sp³-hybridized carbons (Fsp3) is 0.250. The van der Waals surface area contributed by atoms with Crippen molar-refractivity contribution >= 4 is 33.7 Å². The van der Waals surface area contributed by atoms with E-state index in [-0.39, 0.29) is 11.9 Å². The number of aryl methyl sites for hydroxylation is 2.